The quantitative estimate of drug-likeness (QED) is 0.368. The number of alkyl halides is 12. The number of ether oxygens (including phenoxy) is 1. The zero-order chi connectivity index (χ0) is 21.0. The Balaban J connectivity index is 3.46. The minimum atomic E-state index is -7.62. The van der Waals surface area contributed by atoms with Crippen LogP contribution in [-0.4, -0.2) is 59.5 Å². The Morgan fingerprint density at radius 1 is 0.808 bits per heavy atom. The number of allylic oxidation sites excluding steroid dienone is 1. The van der Waals surface area contributed by atoms with Crippen LogP contribution >= 0.6 is 0 Å². The van der Waals surface area contributed by atoms with Crippen molar-refractivity contribution < 1.29 is 62.5 Å². The molecule has 0 spiro atoms. The fourth-order valence-electron chi connectivity index (χ4n) is 1.73. The van der Waals surface area contributed by atoms with Crippen LogP contribution in [0.2, 0.25) is 0 Å². The molecule has 0 saturated carbocycles. The van der Waals surface area contributed by atoms with E-state index >= 15 is 0 Å². The van der Waals surface area contributed by atoms with Crippen molar-refractivity contribution in [1.29, 1.82) is 0 Å². The van der Waals surface area contributed by atoms with Gasteiger partial charge in [0.25, 0.3) is 0 Å². The Bertz CT molecular complexity index is 565. The molecule has 26 heavy (non-hydrogen) atoms. The van der Waals surface area contributed by atoms with Gasteiger partial charge >= 0.3 is 35.5 Å². The van der Waals surface area contributed by atoms with E-state index in [0.717, 1.165) is 0 Å². The highest BCUT2D eigenvalue weighted by atomic mass is 19.4. The lowest BCUT2D eigenvalue weighted by Crippen LogP contribution is -2.72. The maximum Gasteiger partial charge on any atom is 0.385 e. The Hall–Kier alpha value is -1.18. The summed E-state index contributed by atoms with van der Waals surface area (Å²) in [6, 6.07) is 0. The van der Waals surface area contributed by atoms with Gasteiger partial charge in [-0.1, -0.05) is 6.08 Å². The van der Waals surface area contributed by atoms with Crippen LogP contribution in [0.1, 0.15) is 6.92 Å². The molecule has 0 aliphatic carbocycles. The monoisotopic (exact) mass is 414 g/mol. The van der Waals surface area contributed by atoms with Crippen molar-refractivity contribution in [2.75, 3.05) is 13.2 Å². The van der Waals surface area contributed by atoms with Crippen molar-refractivity contribution in [3.05, 3.63) is 12.2 Å². The Morgan fingerprint density at radius 2 is 1.19 bits per heavy atom. The van der Waals surface area contributed by atoms with Gasteiger partial charge < -0.3 is 9.84 Å². The summed E-state index contributed by atoms with van der Waals surface area (Å²) in [7, 11) is 0. The lowest BCUT2D eigenvalue weighted by atomic mass is 9.87. The van der Waals surface area contributed by atoms with Crippen molar-refractivity contribution in [3.63, 3.8) is 0 Å². The van der Waals surface area contributed by atoms with E-state index in [1.807, 2.05) is 0 Å². The molecule has 1 aliphatic rings. The molecule has 1 saturated heterocycles. The van der Waals surface area contributed by atoms with Gasteiger partial charge in [-0.3, -0.25) is 0 Å². The first-order chi connectivity index (χ1) is 11.3. The second-order valence-corrected chi connectivity index (χ2v) is 5.60. The minimum absolute atomic E-state index is 0.117. The van der Waals surface area contributed by atoms with Gasteiger partial charge in [0, 0.05) is 0 Å². The normalized spacial score (nSPS) is 23.6. The predicted molar refractivity (Wildman–Crippen MR) is 60.3 cm³/mol. The standard InChI is InChI=1S/C12H10F12O2/c1-6(5-26-6)8(15,16)10(19,20)12(23,24)11(21,22)9(17,18)7(13,14)3-2-4-25/h2-3,25H,4-5H2,1H3/b3-2+. The third-order valence-corrected chi connectivity index (χ3v) is 3.67. The van der Waals surface area contributed by atoms with E-state index < -0.39 is 60.4 Å². The number of aliphatic hydroxyl groups is 1. The number of hydrogen-bond acceptors (Lipinski definition) is 2. The van der Waals surface area contributed by atoms with E-state index in [0.29, 0.717) is 0 Å². The van der Waals surface area contributed by atoms with Crippen LogP contribution in [0.3, 0.4) is 0 Å². The number of hydrogen-bond donors (Lipinski definition) is 1. The fraction of sp³-hybridized carbons (Fsp3) is 0.833. The highest BCUT2D eigenvalue weighted by Crippen LogP contribution is 2.63. The highest BCUT2D eigenvalue weighted by molar-refractivity contribution is 5.19. The highest BCUT2D eigenvalue weighted by Gasteiger charge is 2.92. The molecule has 1 aliphatic heterocycles. The van der Waals surface area contributed by atoms with Crippen LogP contribution in [0, 0.1) is 0 Å². The fourth-order valence-corrected chi connectivity index (χ4v) is 1.73. The summed E-state index contributed by atoms with van der Waals surface area (Å²) in [6.07, 6.45) is -1.40. The van der Waals surface area contributed by atoms with Crippen molar-refractivity contribution in [1.82, 2.24) is 0 Å². The van der Waals surface area contributed by atoms with E-state index in [1.54, 1.807) is 0 Å². The molecule has 1 heterocycles. The first-order valence-corrected chi connectivity index (χ1v) is 6.46. The third kappa shape index (κ3) is 2.75. The van der Waals surface area contributed by atoms with Crippen molar-refractivity contribution >= 4 is 0 Å². The first-order valence-electron chi connectivity index (χ1n) is 6.46. The minimum Gasteiger partial charge on any atom is -0.392 e. The zero-order valence-electron chi connectivity index (χ0n) is 12.5. The number of epoxide rings is 1. The van der Waals surface area contributed by atoms with Gasteiger partial charge in [0.2, 0.25) is 0 Å². The van der Waals surface area contributed by atoms with E-state index in [-0.39, 0.29) is 13.0 Å². The van der Waals surface area contributed by atoms with E-state index in [9.17, 15) is 52.7 Å². The molecule has 0 radical (unpaired) electrons. The molecule has 0 bridgehead atoms. The SMILES string of the molecule is CC1(C(F)(F)C(F)(F)C(F)(F)C(F)(F)C(F)(F)C(F)(F)/C=C/CO)CO1. The molecule has 1 atom stereocenters. The van der Waals surface area contributed by atoms with Gasteiger partial charge in [-0.05, 0) is 13.0 Å². The first kappa shape index (κ1) is 22.9. The average molecular weight is 414 g/mol. The van der Waals surface area contributed by atoms with Crippen LogP contribution in [0.5, 0.6) is 0 Å². The molecule has 0 aromatic rings. The number of halogens is 12. The van der Waals surface area contributed by atoms with Gasteiger partial charge in [0.05, 0.1) is 13.2 Å². The van der Waals surface area contributed by atoms with Gasteiger partial charge in [-0.2, -0.15) is 52.7 Å². The summed E-state index contributed by atoms with van der Waals surface area (Å²) >= 11 is 0. The largest absolute Gasteiger partial charge is 0.392 e. The molecule has 0 amide bonds. The molecule has 0 aromatic carbocycles. The average Bonchev–Trinajstić information content (AvgIpc) is 3.23. The van der Waals surface area contributed by atoms with E-state index in [4.69, 9.17) is 5.11 Å². The Morgan fingerprint density at radius 3 is 1.54 bits per heavy atom. The smallest absolute Gasteiger partial charge is 0.385 e. The molecular weight excluding hydrogens is 404 g/mol. The van der Waals surface area contributed by atoms with Crippen LogP contribution in [0.4, 0.5) is 52.7 Å². The molecule has 0 aromatic heterocycles. The predicted octanol–water partition coefficient (Wildman–Crippen LogP) is 4.14. The Kier molecular flexibility index (Phi) is 5.19. The van der Waals surface area contributed by atoms with Gasteiger partial charge in [0.1, 0.15) is 0 Å². The summed E-state index contributed by atoms with van der Waals surface area (Å²) in [6.45, 7) is -2.59. The molecule has 1 N–H and O–H groups in total. The van der Waals surface area contributed by atoms with Crippen molar-refractivity contribution in [2.45, 2.75) is 48.1 Å². The van der Waals surface area contributed by atoms with Gasteiger partial charge in [-0.15, -0.1) is 0 Å². The molecule has 1 unspecified atom stereocenters. The summed E-state index contributed by atoms with van der Waals surface area (Å²) in [5.74, 6) is -41.9. The lowest BCUT2D eigenvalue weighted by molar-refractivity contribution is -0.424. The summed E-state index contributed by atoms with van der Waals surface area (Å²) < 4.78 is 164. The second-order valence-electron chi connectivity index (χ2n) is 5.60. The van der Waals surface area contributed by atoms with E-state index in [2.05, 4.69) is 4.74 Å². The topological polar surface area (TPSA) is 32.8 Å². The summed E-state index contributed by atoms with van der Waals surface area (Å²) in [5.41, 5.74) is -3.37. The maximum absolute atomic E-state index is 13.5. The summed E-state index contributed by atoms with van der Waals surface area (Å²) in [5, 5.41) is 8.16. The van der Waals surface area contributed by atoms with Crippen LogP contribution in [0.15, 0.2) is 12.2 Å². The van der Waals surface area contributed by atoms with Crippen LogP contribution in [-0.2, 0) is 4.74 Å². The summed E-state index contributed by atoms with van der Waals surface area (Å²) in [4.78, 5) is 0. The van der Waals surface area contributed by atoms with E-state index in [1.165, 1.54) is 0 Å². The maximum atomic E-state index is 13.5. The molecule has 1 rings (SSSR count). The third-order valence-electron chi connectivity index (χ3n) is 3.67. The Labute approximate surface area is 137 Å². The second kappa shape index (κ2) is 5.91. The molecular formula is C12H10F12O2. The van der Waals surface area contributed by atoms with Crippen LogP contribution < -0.4 is 0 Å². The van der Waals surface area contributed by atoms with Crippen molar-refractivity contribution in [3.8, 4) is 0 Å². The number of aliphatic hydroxyl groups excluding tert-OH is 1. The lowest BCUT2D eigenvalue weighted by Gasteiger charge is -2.41. The molecule has 1 fully saturated rings. The molecule has 2 nitrogen and oxygen atoms in total. The van der Waals surface area contributed by atoms with Gasteiger partial charge in [-0.25, -0.2) is 0 Å². The number of rotatable bonds is 8. The van der Waals surface area contributed by atoms with Crippen molar-refractivity contribution in [2.24, 2.45) is 0 Å². The van der Waals surface area contributed by atoms with Gasteiger partial charge in [0.15, 0.2) is 5.60 Å². The molecule has 14 heteroatoms. The molecule has 154 valence electrons. The zero-order valence-corrected chi connectivity index (χ0v) is 12.5. The van der Waals surface area contributed by atoms with Crippen LogP contribution in [0.25, 0.3) is 0 Å².